The van der Waals surface area contributed by atoms with Crippen LogP contribution in [0.3, 0.4) is 0 Å². The van der Waals surface area contributed by atoms with E-state index in [9.17, 15) is 4.79 Å². The number of rotatable bonds is 3. The van der Waals surface area contributed by atoms with Crippen LogP contribution in [0.4, 0.5) is 0 Å². The van der Waals surface area contributed by atoms with Crippen molar-refractivity contribution >= 4 is 17.9 Å². The monoisotopic (exact) mass is 246 g/mol. The van der Waals surface area contributed by atoms with Gasteiger partial charge in [-0.1, -0.05) is 29.8 Å². The van der Waals surface area contributed by atoms with Crippen molar-refractivity contribution in [2.24, 2.45) is 0 Å². The third-order valence-corrected chi connectivity index (χ3v) is 2.72. The molecule has 0 aliphatic rings. The molecule has 86 valence electrons. The third kappa shape index (κ3) is 2.88. The number of aryl methyl sites for hydroxylation is 1. The van der Waals surface area contributed by atoms with Gasteiger partial charge in [-0.2, -0.15) is 0 Å². The number of nitrogens with zero attached hydrogens (tertiary/aromatic N) is 2. The van der Waals surface area contributed by atoms with Gasteiger partial charge in [-0.3, -0.25) is 4.79 Å². The van der Waals surface area contributed by atoms with Crippen molar-refractivity contribution in [3.05, 3.63) is 58.1 Å². The molecule has 0 radical (unpaired) electrons. The summed E-state index contributed by atoms with van der Waals surface area (Å²) < 4.78 is 0. The Balaban J connectivity index is 2.33. The van der Waals surface area contributed by atoms with E-state index in [1.807, 2.05) is 31.2 Å². The van der Waals surface area contributed by atoms with E-state index in [0.29, 0.717) is 23.0 Å². The molecule has 3 nitrogen and oxygen atoms in total. The highest BCUT2D eigenvalue weighted by Gasteiger charge is 2.05. The first-order valence-electron chi connectivity index (χ1n) is 5.22. The summed E-state index contributed by atoms with van der Waals surface area (Å²) in [4.78, 5) is 19.2. The highest BCUT2D eigenvalue weighted by Crippen LogP contribution is 2.17. The number of halogens is 1. The normalized spacial score (nSPS) is 10.2. The summed E-state index contributed by atoms with van der Waals surface area (Å²) in [5.41, 5.74) is 2.14. The smallest absolute Gasteiger partial charge is 0.168 e. The Bertz CT molecular complexity index is 555. The summed E-state index contributed by atoms with van der Waals surface area (Å²) in [7, 11) is 0. The fourth-order valence-corrected chi connectivity index (χ4v) is 1.81. The van der Waals surface area contributed by atoms with Gasteiger partial charge in [0.05, 0.1) is 0 Å². The molecule has 1 aromatic carbocycles. The molecule has 2 aromatic rings. The molecular formula is C13H11ClN2O. The fourth-order valence-electron chi connectivity index (χ4n) is 1.61. The average Bonchev–Trinajstić information content (AvgIpc) is 2.31. The number of hydrogen-bond donors (Lipinski definition) is 0. The Morgan fingerprint density at radius 1 is 1.29 bits per heavy atom. The van der Waals surface area contributed by atoms with Crippen molar-refractivity contribution in [3.8, 4) is 0 Å². The van der Waals surface area contributed by atoms with E-state index >= 15 is 0 Å². The van der Waals surface area contributed by atoms with Crippen molar-refractivity contribution in [1.29, 1.82) is 0 Å². The minimum Gasteiger partial charge on any atom is -0.296 e. The predicted octanol–water partition coefficient (Wildman–Crippen LogP) is 2.84. The summed E-state index contributed by atoms with van der Waals surface area (Å²) >= 11 is 6.06. The zero-order valence-electron chi connectivity index (χ0n) is 9.35. The molecular weight excluding hydrogens is 236 g/mol. The van der Waals surface area contributed by atoms with Crippen LogP contribution in [0.2, 0.25) is 5.02 Å². The Kier molecular flexibility index (Phi) is 3.49. The number of aromatic nitrogens is 2. The molecule has 0 aliphatic carbocycles. The van der Waals surface area contributed by atoms with Crippen LogP contribution in [-0.4, -0.2) is 16.3 Å². The maximum atomic E-state index is 10.7. The maximum absolute atomic E-state index is 10.7. The first kappa shape index (κ1) is 11.7. The lowest BCUT2D eigenvalue weighted by atomic mass is 10.1. The summed E-state index contributed by atoms with van der Waals surface area (Å²) in [6.07, 6.45) is 1.26. The van der Waals surface area contributed by atoms with Gasteiger partial charge in [0.15, 0.2) is 6.29 Å². The van der Waals surface area contributed by atoms with Gasteiger partial charge in [0, 0.05) is 17.1 Å². The molecule has 0 saturated carbocycles. The molecule has 0 spiro atoms. The first-order chi connectivity index (χ1) is 8.19. The molecule has 17 heavy (non-hydrogen) atoms. The number of carbonyl (C=O) groups is 1. The Labute approximate surface area is 104 Å². The van der Waals surface area contributed by atoms with E-state index in [1.165, 1.54) is 0 Å². The molecule has 0 aliphatic heterocycles. The van der Waals surface area contributed by atoms with Crippen LogP contribution in [0.25, 0.3) is 0 Å². The Hall–Kier alpha value is -1.74. The minimum atomic E-state index is 0.402. The lowest BCUT2D eigenvalue weighted by Gasteiger charge is -2.04. The van der Waals surface area contributed by atoms with E-state index in [0.717, 1.165) is 17.5 Å². The highest BCUT2D eigenvalue weighted by molar-refractivity contribution is 6.31. The van der Waals surface area contributed by atoms with E-state index in [1.54, 1.807) is 6.07 Å². The second-order valence-electron chi connectivity index (χ2n) is 3.74. The summed E-state index contributed by atoms with van der Waals surface area (Å²) in [6.45, 7) is 1.84. The van der Waals surface area contributed by atoms with E-state index in [2.05, 4.69) is 9.97 Å². The number of aldehydes is 1. The van der Waals surface area contributed by atoms with Crippen LogP contribution in [0.15, 0.2) is 30.3 Å². The van der Waals surface area contributed by atoms with Gasteiger partial charge in [-0.15, -0.1) is 0 Å². The van der Waals surface area contributed by atoms with Crippen molar-refractivity contribution in [1.82, 2.24) is 9.97 Å². The van der Waals surface area contributed by atoms with Crippen LogP contribution in [-0.2, 0) is 6.42 Å². The highest BCUT2D eigenvalue weighted by atomic mass is 35.5. The number of benzene rings is 1. The van der Waals surface area contributed by atoms with E-state index < -0.39 is 0 Å². The molecule has 0 atom stereocenters. The third-order valence-electron chi connectivity index (χ3n) is 2.35. The number of hydrogen-bond acceptors (Lipinski definition) is 3. The van der Waals surface area contributed by atoms with Gasteiger partial charge >= 0.3 is 0 Å². The van der Waals surface area contributed by atoms with Crippen molar-refractivity contribution in [2.75, 3.05) is 0 Å². The molecule has 0 N–H and O–H groups in total. The van der Waals surface area contributed by atoms with Crippen molar-refractivity contribution < 1.29 is 4.79 Å². The largest absolute Gasteiger partial charge is 0.296 e. The molecule has 1 aromatic heterocycles. The number of carbonyl (C=O) groups excluding carboxylic acids is 1. The first-order valence-corrected chi connectivity index (χ1v) is 5.60. The average molecular weight is 247 g/mol. The Morgan fingerprint density at radius 3 is 2.76 bits per heavy atom. The minimum absolute atomic E-state index is 0.402. The van der Waals surface area contributed by atoms with Crippen LogP contribution >= 0.6 is 11.6 Å². The molecule has 4 heteroatoms. The van der Waals surface area contributed by atoms with Gasteiger partial charge in [0.1, 0.15) is 11.5 Å². The predicted molar refractivity (Wildman–Crippen MR) is 66.4 cm³/mol. The molecule has 0 unspecified atom stereocenters. The van der Waals surface area contributed by atoms with Crippen LogP contribution in [0.5, 0.6) is 0 Å². The van der Waals surface area contributed by atoms with Crippen molar-refractivity contribution in [2.45, 2.75) is 13.3 Å². The molecule has 0 bridgehead atoms. The fraction of sp³-hybridized carbons (Fsp3) is 0.154. The molecule has 0 fully saturated rings. The molecule has 2 rings (SSSR count). The van der Waals surface area contributed by atoms with Crippen LogP contribution < -0.4 is 0 Å². The summed E-state index contributed by atoms with van der Waals surface area (Å²) in [6, 6.07) is 9.20. The molecule has 1 heterocycles. The van der Waals surface area contributed by atoms with Crippen LogP contribution in [0.1, 0.15) is 27.6 Å². The van der Waals surface area contributed by atoms with Gasteiger partial charge in [-0.05, 0) is 24.6 Å². The Morgan fingerprint density at radius 2 is 2.06 bits per heavy atom. The quantitative estimate of drug-likeness (QED) is 0.782. The molecule has 0 saturated heterocycles. The maximum Gasteiger partial charge on any atom is 0.168 e. The topological polar surface area (TPSA) is 42.9 Å². The van der Waals surface area contributed by atoms with Gasteiger partial charge in [0.25, 0.3) is 0 Å². The second-order valence-corrected chi connectivity index (χ2v) is 4.14. The second kappa shape index (κ2) is 5.06. The van der Waals surface area contributed by atoms with Crippen LogP contribution in [0, 0.1) is 6.92 Å². The van der Waals surface area contributed by atoms with Gasteiger partial charge < -0.3 is 0 Å². The summed E-state index contributed by atoms with van der Waals surface area (Å²) in [5.74, 6) is 0.611. The standard InChI is InChI=1S/C13H11ClN2O/c1-9-6-11(8-17)16-13(15-9)7-10-4-2-3-5-12(10)14/h2-6,8H,7H2,1H3. The molecule has 0 amide bonds. The lowest BCUT2D eigenvalue weighted by molar-refractivity contribution is 0.111. The summed E-state index contributed by atoms with van der Waals surface area (Å²) in [5, 5.41) is 0.685. The van der Waals surface area contributed by atoms with E-state index in [-0.39, 0.29) is 0 Å². The van der Waals surface area contributed by atoms with Crippen molar-refractivity contribution in [3.63, 3.8) is 0 Å². The van der Waals surface area contributed by atoms with Gasteiger partial charge in [0.2, 0.25) is 0 Å². The van der Waals surface area contributed by atoms with E-state index in [4.69, 9.17) is 11.6 Å². The van der Waals surface area contributed by atoms with Gasteiger partial charge in [-0.25, -0.2) is 9.97 Å². The lowest BCUT2D eigenvalue weighted by Crippen LogP contribution is -2.02. The SMILES string of the molecule is Cc1cc(C=O)nc(Cc2ccccc2Cl)n1. The zero-order chi connectivity index (χ0) is 12.3. The zero-order valence-corrected chi connectivity index (χ0v) is 10.1.